The van der Waals surface area contributed by atoms with E-state index in [4.69, 9.17) is 0 Å². The van der Waals surface area contributed by atoms with E-state index in [-0.39, 0.29) is 0 Å². The van der Waals surface area contributed by atoms with Crippen LogP contribution in [0, 0.1) is 6.92 Å². The van der Waals surface area contributed by atoms with E-state index in [2.05, 4.69) is 58.2 Å². The van der Waals surface area contributed by atoms with Crippen molar-refractivity contribution in [2.24, 2.45) is 0 Å². The number of hydrogen-bond donors (Lipinski definition) is 1. The first-order valence-electron chi connectivity index (χ1n) is 5.42. The topological polar surface area (TPSA) is 15.3 Å². The summed E-state index contributed by atoms with van der Waals surface area (Å²) in [6, 6.07) is 7.03. The van der Waals surface area contributed by atoms with Gasteiger partial charge in [0.15, 0.2) is 0 Å². The summed E-state index contributed by atoms with van der Waals surface area (Å²) in [6.45, 7) is 7.62. The average molecular weight is 269 g/mol. The van der Waals surface area contributed by atoms with Gasteiger partial charge >= 0.3 is 0 Å². The molecular formula is C12H17BrN2. The number of benzene rings is 1. The van der Waals surface area contributed by atoms with Crippen LogP contribution in [0.2, 0.25) is 0 Å². The Hall–Kier alpha value is -0.540. The number of halogens is 1. The number of anilines is 1. The van der Waals surface area contributed by atoms with E-state index in [0.717, 1.165) is 19.6 Å². The Kier molecular flexibility index (Phi) is 3.32. The number of rotatable bonds is 1. The molecule has 0 spiro atoms. The fourth-order valence-corrected chi connectivity index (χ4v) is 2.54. The molecule has 0 amide bonds. The van der Waals surface area contributed by atoms with E-state index in [1.165, 1.54) is 15.7 Å². The molecule has 2 rings (SSSR count). The lowest BCUT2D eigenvalue weighted by Gasteiger charge is -2.34. The van der Waals surface area contributed by atoms with Crippen molar-refractivity contribution in [1.29, 1.82) is 0 Å². The number of aryl methyl sites for hydroxylation is 1. The van der Waals surface area contributed by atoms with Gasteiger partial charge in [-0.2, -0.15) is 0 Å². The molecule has 1 saturated heterocycles. The van der Waals surface area contributed by atoms with Gasteiger partial charge in [0, 0.05) is 30.1 Å². The maximum Gasteiger partial charge on any atom is 0.0514 e. The minimum Gasteiger partial charge on any atom is -0.368 e. The first kappa shape index (κ1) is 11.0. The number of nitrogens with one attached hydrogen (secondary N) is 1. The smallest absolute Gasteiger partial charge is 0.0514 e. The SMILES string of the molecule is Cc1cccc(N2CCNC(C)C2)c1Br. The van der Waals surface area contributed by atoms with Crippen LogP contribution < -0.4 is 10.2 Å². The Bertz CT molecular complexity index is 351. The van der Waals surface area contributed by atoms with Gasteiger partial charge in [0.05, 0.1) is 5.69 Å². The second-order valence-electron chi connectivity index (χ2n) is 4.21. The van der Waals surface area contributed by atoms with Crippen LogP contribution in [0.15, 0.2) is 22.7 Å². The van der Waals surface area contributed by atoms with Gasteiger partial charge < -0.3 is 10.2 Å². The zero-order chi connectivity index (χ0) is 10.8. The molecule has 15 heavy (non-hydrogen) atoms. The Morgan fingerprint density at radius 1 is 1.47 bits per heavy atom. The van der Waals surface area contributed by atoms with Crippen LogP contribution >= 0.6 is 15.9 Å². The molecule has 1 atom stereocenters. The molecule has 1 aliphatic rings. The minimum absolute atomic E-state index is 0.575. The molecule has 2 nitrogen and oxygen atoms in total. The summed E-state index contributed by atoms with van der Waals surface area (Å²) in [5, 5.41) is 3.46. The molecule has 0 aliphatic carbocycles. The van der Waals surface area contributed by atoms with Crippen LogP contribution in [-0.4, -0.2) is 25.7 Å². The molecular weight excluding hydrogens is 252 g/mol. The lowest BCUT2D eigenvalue weighted by Crippen LogP contribution is -2.49. The quantitative estimate of drug-likeness (QED) is 0.843. The van der Waals surface area contributed by atoms with Crippen molar-refractivity contribution in [1.82, 2.24) is 5.32 Å². The van der Waals surface area contributed by atoms with E-state index < -0.39 is 0 Å². The summed E-state index contributed by atoms with van der Waals surface area (Å²) in [5.41, 5.74) is 2.63. The highest BCUT2D eigenvalue weighted by Crippen LogP contribution is 2.29. The van der Waals surface area contributed by atoms with Crippen molar-refractivity contribution in [3.8, 4) is 0 Å². The number of nitrogens with zero attached hydrogens (tertiary/aromatic N) is 1. The molecule has 1 aromatic rings. The van der Waals surface area contributed by atoms with Crippen molar-refractivity contribution in [3.05, 3.63) is 28.2 Å². The third-order valence-electron chi connectivity index (χ3n) is 2.88. The molecule has 0 bridgehead atoms. The summed E-state index contributed by atoms with van der Waals surface area (Å²) in [5.74, 6) is 0. The summed E-state index contributed by atoms with van der Waals surface area (Å²) < 4.78 is 1.24. The normalized spacial score (nSPS) is 21.8. The Balaban J connectivity index is 2.24. The molecule has 1 heterocycles. The highest BCUT2D eigenvalue weighted by Gasteiger charge is 2.17. The Morgan fingerprint density at radius 2 is 2.27 bits per heavy atom. The lowest BCUT2D eigenvalue weighted by molar-refractivity contribution is 0.484. The zero-order valence-corrected chi connectivity index (χ0v) is 10.8. The summed E-state index contributed by atoms with van der Waals surface area (Å²) in [6.07, 6.45) is 0. The fraction of sp³-hybridized carbons (Fsp3) is 0.500. The van der Waals surface area contributed by atoms with Crippen LogP contribution in [0.5, 0.6) is 0 Å². The van der Waals surface area contributed by atoms with Crippen molar-refractivity contribution in [2.75, 3.05) is 24.5 Å². The van der Waals surface area contributed by atoms with Gasteiger partial charge in [-0.3, -0.25) is 0 Å². The molecule has 1 unspecified atom stereocenters. The Morgan fingerprint density at radius 3 is 3.00 bits per heavy atom. The molecule has 1 aliphatic heterocycles. The monoisotopic (exact) mass is 268 g/mol. The largest absolute Gasteiger partial charge is 0.368 e. The van der Waals surface area contributed by atoms with Crippen molar-refractivity contribution >= 4 is 21.6 Å². The lowest BCUT2D eigenvalue weighted by atomic mass is 10.1. The second kappa shape index (κ2) is 4.54. The van der Waals surface area contributed by atoms with Crippen molar-refractivity contribution in [2.45, 2.75) is 19.9 Å². The number of piperazine rings is 1. The summed E-state index contributed by atoms with van der Waals surface area (Å²) in [4.78, 5) is 2.44. The van der Waals surface area contributed by atoms with Crippen LogP contribution in [-0.2, 0) is 0 Å². The predicted octanol–water partition coefficient (Wildman–Crippen LogP) is 2.56. The first-order chi connectivity index (χ1) is 7.18. The highest BCUT2D eigenvalue weighted by atomic mass is 79.9. The fourth-order valence-electron chi connectivity index (χ4n) is 2.03. The molecule has 1 fully saturated rings. The standard InChI is InChI=1S/C12H17BrN2/c1-9-4-3-5-11(12(9)13)15-7-6-14-10(2)8-15/h3-5,10,14H,6-8H2,1-2H3. The van der Waals surface area contributed by atoms with Crippen molar-refractivity contribution in [3.63, 3.8) is 0 Å². The van der Waals surface area contributed by atoms with Crippen molar-refractivity contribution < 1.29 is 0 Å². The second-order valence-corrected chi connectivity index (χ2v) is 5.00. The minimum atomic E-state index is 0.575. The third-order valence-corrected chi connectivity index (χ3v) is 3.91. The molecule has 0 aromatic heterocycles. The van der Waals surface area contributed by atoms with Gasteiger partial charge in [-0.25, -0.2) is 0 Å². The number of hydrogen-bond acceptors (Lipinski definition) is 2. The molecule has 1 N–H and O–H groups in total. The van der Waals surface area contributed by atoms with Gasteiger partial charge in [0.2, 0.25) is 0 Å². The van der Waals surface area contributed by atoms with Gasteiger partial charge in [-0.05, 0) is 41.4 Å². The maximum atomic E-state index is 3.67. The van der Waals surface area contributed by atoms with Crippen LogP contribution in [0.4, 0.5) is 5.69 Å². The van der Waals surface area contributed by atoms with Gasteiger partial charge in [0.1, 0.15) is 0 Å². The van der Waals surface area contributed by atoms with E-state index >= 15 is 0 Å². The van der Waals surface area contributed by atoms with Gasteiger partial charge in [0.25, 0.3) is 0 Å². The average Bonchev–Trinajstić information content (AvgIpc) is 2.22. The van der Waals surface area contributed by atoms with Crippen LogP contribution in [0.1, 0.15) is 12.5 Å². The van der Waals surface area contributed by atoms with Crippen LogP contribution in [0.3, 0.4) is 0 Å². The third kappa shape index (κ3) is 2.34. The Labute approximate surface area is 99.8 Å². The summed E-state index contributed by atoms with van der Waals surface area (Å²) >= 11 is 3.67. The molecule has 0 saturated carbocycles. The highest BCUT2D eigenvalue weighted by molar-refractivity contribution is 9.10. The zero-order valence-electron chi connectivity index (χ0n) is 9.26. The molecule has 3 heteroatoms. The predicted molar refractivity (Wildman–Crippen MR) is 68.6 cm³/mol. The van der Waals surface area contributed by atoms with E-state index in [9.17, 15) is 0 Å². The van der Waals surface area contributed by atoms with Gasteiger partial charge in [-0.15, -0.1) is 0 Å². The van der Waals surface area contributed by atoms with E-state index in [1.807, 2.05) is 0 Å². The first-order valence-corrected chi connectivity index (χ1v) is 6.21. The maximum absolute atomic E-state index is 3.67. The molecule has 82 valence electrons. The summed E-state index contributed by atoms with van der Waals surface area (Å²) in [7, 11) is 0. The van der Waals surface area contributed by atoms with Gasteiger partial charge in [-0.1, -0.05) is 12.1 Å². The molecule has 0 radical (unpaired) electrons. The van der Waals surface area contributed by atoms with Crippen LogP contribution in [0.25, 0.3) is 0 Å². The van der Waals surface area contributed by atoms with E-state index in [1.54, 1.807) is 0 Å². The van der Waals surface area contributed by atoms with E-state index in [0.29, 0.717) is 6.04 Å². The molecule has 1 aromatic carbocycles.